The molecule has 0 unspecified atom stereocenters. The average Bonchev–Trinajstić information content (AvgIpc) is 2.09. The number of carbonyl (C=O) groups excluding carboxylic acids is 1. The van der Waals surface area contributed by atoms with Crippen LogP contribution < -0.4 is 0 Å². The van der Waals surface area contributed by atoms with Gasteiger partial charge in [-0.25, -0.2) is 0 Å². The van der Waals surface area contributed by atoms with Crippen molar-refractivity contribution in [1.82, 2.24) is 0 Å². The largest absolute Gasteiger partial charge is 0.508 e. The Hall–Kier alpha value is -1.02. The number of ketones is 1. The first kappa shape index (κ1) is 10.1. The summed E-state index contributed by atoms with van der Waals surface area (Å²) in [5.74, 6) is 0.0760. The van der Waals surface area contributed by atoms with Crippen LogP contribution in [0.3, 0.4) is 0 Å². The van der Waals surface area contributed by atoms with E-state index in [1.54, 1.807) is 12.1 Å². The van der Waals surface area contributed by atoms with Crippen LogP contribution in [0.15, 0.2) is 18.2 Å². The van der Waals surface area contributed by atoms with E-state index in [1.807, 2.05) is 13.0 Å². The van der Waals surface area contributed by atoms with Gasteiger partial charge in [-0.15, -0.1) is 11.6 Å². The van der Waals surface area contributed by atoms with Gasteiger partial charge < -0.3 is 5.11 Å². The zero-order valence-corrected chi connectivity index (χ0v) is 8.14. The summed E-state index contributed by atoms with van der Waals surface area (Å²) in [5, 5.41) is 9.44. The summed E-state index contributed by atoms with van der Waals surface area (Å²) in [6.07, 6.45) is 0.204. The highest BCUT2D eigenvalue weighted by molar-refractivity contribution is 6.27. The molecule has 0 spiro atoms. The molecule has 0 amide bonds. The van der Waals surface area contributed by atoms with Crippen LogP contribution in [0.4, 0.5) is 0 Å². The van der Waals surface area contributed by atoms with Gasteiger partial charge in [0.25, 0.3) is 0 Å². The highest BCUT2D eigenvalue weighted by Gasteiger charge is 2.06. The number of aryl methyl sites for hydroxylation is 1. The molecule has 1 N–H and O–H groups in total. The van der Waals surface area contributed by atoms with Crippen LogP contribution in [-0.2, 0) is 11.2 Å². The van der Waals surface area contributed by atoms with E-state index in [9.17, 15) is 9.90 Å². The zero-order chi connectivity index (χ0) is 9.84. The van der Waals surface area contributed by atoms with Gasteiger partial charge in [0.05, 0.1) is 5.88 Å². The van der Waals surface area contributed by atoms with Crippen molar-refractivity contribution in [2.75, 3.05) is 5.88 Å². The second kappa shape index (κ2) is 4.28. The van der Waals surface area contributed by atoms with Gasteiger partial charge in [-0.3, -0.25) is 4.79 Å². The Morgan fingerprint density at radius 1 is 1.54 bits per heavy atom. The van der Waals surface area contributed by atoms with Gasteiger partial charge in [0.1, 0.15) is 5.75 Å². The first-order valence-corrected chi connectivity index (χ1v) is 4.53. The van der Waals surface area contributed by atoms with Gasteiger partial charge in [0.2, 0.25) is 0 Å². The molecular weight excluding hydrogens is 188 g/mol. The van der Waals surface area contributed by atoms with E-state index in [4.69, 9.17) is 11.6 Å². The Labute approximate surface area is 82.2 Å². The van der Waals surface area contributed by atoms with E-state index in [-0.39, 0.29) is 23.8 Å². The zero-order valence-electron chi connectivity index (χ0n) is 7.38. The average molecular weight is 199 g/mol. The molecule has 1 aromatic carbocycles. The summed E-state index contributed by atoms with van der Waals surface area (Å²) in [4.78, 5) is 11.0. The fourth-order valence-corrected chi connectivity index (χ4v) is 1.18. The van der Waals surface area contributed by atoms with Crippen molar-refractivity contribution in [1.29, 1.82) is 0 Å². The lowest BCUT2D eigenvalue weighted by atomic mass is 10.1. The first-order chi connectivity index (χ1) is 6.13. The minimum atomic E-state index is -0.0826. The van der Waals surface area contributed by atoms with Gasteiger partial charge in [0.15, 0.2) is 5.78 Å². The summed E-state index contributed by atoms with van der Waals surface area (Å²) in [7, 11) is 0. The molecule has 0 saturated heterocycles. The molecule has 0 aliphatic heterocycles. The molecule has 1 rings (SSSR count). The van der Waals surface area contributed by atoms with Crippen LogP contribution in [-0.4, -0.2) is 16.8 Å². The highest BCUT2D eigenvalue weighted by Crippen LogP contribution is 2.19. The summed E-state index contributed by atoms with van der Waals surface area (Å²) < 4.78 is 0. The van der Waals surface area contributed by atoms with Crippen LogP contribution in [0.1, 0.15) is 11.1 Å². The molecule has 0 bridgehead atoms. The number of phenolic OH excluding ortho intramolecular Hbond substituents is 1. The number of hydrogen-bond acceptors (Lipinski definition) is 2. The Balaban J connectivity index is 2.83. The monoisotopic (exact) mass is 198 g/mol. The SMILES string of the molecule is Cc1ccc(CC(=O)CCl)c(O)c1. The van der Waals surface area contributed by atoms with Crippen molar-refractivity contribution in [3.8, 4) is 5.75 Å². The molecule has 1 aromatic rings. The topological polar surface area (TPSA) is 37.3 Å². The predicted molar refractivity (Wildman–Crippen MR) is 52.3 cm³/mol. The molecule has 0 aliphatic carbocycles. The molecular formula is C10H11ClO2. The van der Waals surface area contributed by atoms with Crippen LogP contribution in [0.25, 0.3) is 0 Å². The van der Waals surface area contributed by atoms with E-state index in [1.165, 1.54) is 0 Å². The first-order valence-electron chi connectivity index (χ1n) is 3.99. The Morgan fingerprint density at radius 2 is 2.23 bits per heavy atom. The van der Waals surface area contributed by atoms with Gasteiger partial charge in [0, 0.05) is 12.0 Å². The van der Waals surface area contributed by atoms with E-state index in [0.29, 0.717) is 5.56 Å². The maximum Gasteiger partial charge on any atom is 0.152 e. The molecule has 0 saturated carbocycles. The minimum absolute atomic E-state index is 0.00663. The highest BCUT2D eigenvalue weighted by atomic mass is 35.5. The summed E-state index contributed by atoms with van der Waals surface area (Å²) in [6, 6.07) is 5.24. The molecule has 0 aliphatic rings. The molecule has 0 heterocycles. The van der Waals surface area contributed by atoms with Crippen molar-refractivity contribution >= 4 is 17.4 Å². The second-order valence-corrected chi connectivity index (χ2v) is 3.25. The maximum absolute atomic E-state index is 11.0. The van der Waals surface area contributed by atoms with Gasteiger partial charge in [-0.05, 0) is 18.6 Å². The smallest absolute Gasteiger partial charge is 0.152 e. The molecule has 0 aromatic heterocycles. The Morgan fingerprint density at radius 3 is 2.77 bits per heavy atom. The van der Waals surface area contributed by atoms with Crippen LogP contribution >= 0.6 is 11.6 Å². The molecule has 70 valence electrons. The maximum atomic E-state index is 11.0. The summed E-state index contributed by atoms with van der Waals surface area (Å²) in [6.45, 7) is 1.88. The molecule has 0 atom stereocenters. The number of hydrogen-bond donors (Lipinski definition) is 1. The lowest BCUT2D eigenvalue weighted by Crippen LogP contribution is -2.03. The molecule has 0 fully saturated rings. The fourth-order valence-electron chi connectivity index (χ4n) is 1.08. The van der Waals surface area contributed by atoms with Crippen LogP contribution in [0.2, 0.25) is 0 Å². The van der Waals surface area contributed by atoms with Gasteiger partial charge in [-0.2, -0.15) is 0 Å². The summed E-state index contributed by atoms with van der Waals surface area (Å²) in [5.41, 5.74) is 1.61. The van der Waals surface area contributed by atoms with Gasteiger partial charge in [-0.1, -0.05) is 12.1 Å². The summed E-state index contributed by atoms with van der Waals surface area (Å²) >= 11 is 5.35. The van der Waals surface area contributed by atoms with Crippen molar-refractivity contribution in [2.45, 2.75) is 13.3 Å². The fraction of sp³-hybridized carbons (Fsp3) is 0.300. The lowest BCUT2D eigenvalue weighted by molar-refractivity contribution is -0.116. The van der Waals surface area contributed by atoms with E-state index in [2.05, 4.69) is 0 Å². The Bertz CT molecular complexity index is 321. The minimum Gasteiger partial charge on any atom is -0.508 e. The van der Waals surface area contributed by atoms with E-state index < -0.39 is 0 Å². The van der Waals surface area contributed by atoms with Crippen LogP contribution in [0.5, 0.6) is 5.75 Å². The van der Waals surface area contributed by atoms with Crippen molar-refractivity contribution < 1.29 is 9.90 Å². The molecule has 0 radical (unpaired) electrons. The number of benzene rings is 1. The standard InChI is InChI=1S/C10H11ClO2/c1-7-2-3-8(10(13)4-7)5-9(12)6-11/h2-4,13H,5-6H2,1H3. The van der Waals surface area contributed by atoms with Crippen LogP contribution in [0, 0.1) is 6.92 Å². The lowest BCUT2D eigenvalue weighted by Gasteiger charge is -2.03. The van der Waals surface area contributed by atoms with Gasteiger partial charge >= 0.3 is 0 Å². The number of aromatic hydroxyl groups is 1. The quantitative estimate of drug-likeness (QED) is 0.755. The third-order valence-electron chi connectivity index (χ3n) is 1.78. The van der Waals surface area contributed by atoms with Crippen molar-refractivity contribution in [3.63, 3.8) is 0 Å². The number of rotatable bonds is 3. The number of halogens is 1. The number of carbonyl (C=O) groups is 1. The molecule has 13 heavy (non-hydrogen) atoms. The Kier molecular flexibility index (Phi) is 3.32. The molecule has 3 heteroatoms. The number of Topliss-reactive ketones (excluding diaryl/α,β-unsaturated/α-hetero) is 1. The third kappa shape index (κ3) is 2.74. The van der Waals surface area contributed by atoms with E-state index in [0.717, 1.165) is 5.56 Å². The van der Waals surface area contributed by atoms with E-state index >= 15 is 0 Å². The van der Waals surface area contributed by atoms with Crippen molar-refractivity contribution in [2.24, 2.45) is 0 Å². The normalized spacial score (nSPS) is 10.0. The predicted octanol–water partition coefficient (Wildman–Crippen LogP) is 2.05. The molecule has 2 nitrogen and oxygen atoms in total. The number of alkyl halides is 1. The third-order valence-corrected chi connectivity index (χ3v) is 2.08. The number of phenols is 1. The second-order valence-electron chi connectivity index (χ2n) is 2.98. The van der Waals surface area contributed by atoms with Crippen molar-refractivity contribution in [3.05, 3.63) is 29.3 Å².